The topological polar surface area (TPSA) is 83.9 Å². The highest BCUT2D eigenvalue weighted by Gasteiger charge is 2.41. The van der Waals surface area contributed by atoms with Gasteiger partial charge >= 0.3 is 5.97 Å². The molecule has 2 aromatic carbocycles. The number of carboxylic acids is 1. The van der Waals surface area contributed by atoms with Gasteiger partial charge in [0.1, 0.15) is 6.10 Å². The average Bonchev–Trinajstić information content (AvgIpc) is 3.64. The Kier molecular flexibility index (Phi) is 10.6. The lowest BCUT2D eigenvalue weighted by molar-refractivity contribution is -0.168. The van der Waals surface area contributed by atoms with Crippen molar-refractivity contribution in [3.8, 4) is 0 Å². The fourth-order valence-electron chi connectivity index (χ4n) is 4.00. The van der Waals surface area contributed by atoms with E-state index in [9.17, 15) is 13.8 Å². The molecule has 1 N–H and O–H groups in total. The standard InChI is InChI=1S/C20H26ClNO5S.C6H5Cl/c1-2-16(12-28(26)11-13-3-4-13)22-17(14-5-7-15(21)8-6-14)10-27-18(20(22)25)9-19(23)24;7-6-4-2-1-3-5-6/h5-8,13,16-18H,2-4,9-12H2,1H3,(H,23,24);1-5H/t16-,17-,18+,28?;/m0./s1. The molecule has 1 unspecified atom stereocenters. The number of carbonyl (C=O) groups is 2. The second kappa shape index (κ2) is 13.4. The van der Waals surface area contributed by atoms with E-state index in [-0.39, 0.29) is 31.0 Å². The number of morpholine rings is 1. The van der Waals surface area contributed by atoms with Crippen LogP contribution in [0, 0.1) is 5.92 Å². The van der Waals surface area contributed by atoms with Gasteiger partial charge in [-0.3, -0.25) is 13.8 Å². The van der Waals surface area contributed by atoms with Crippen molar-refractivity contribution in [1.82, 2.24) is 4.90 Å². The number of aliphatic carboxylic acids is 1. The van der Waals surface area contributed by atoms with Crippen molar-refractivity contribution in [2.45, 2.75) is 50.8 Å². The summed E-state index contributed by atoms with van der Waals surface area (Å²) in [6.07, 6.45) is 1.53. The first-order valence-electron chi connectivity index (χ1n) is 11.7. The summed E-state index contributed by atoms with van der Waals surface area (Å²) in [6.45, 7) is 2.17. The van der Waals surface area contributed by atoms with Crippen LogP contribution in [-0.4, -0.2) is 56.4 Å². The van der Waals surface area contributed by atoms with Crippen LogP contribution in [0.3, 0.4) is 0 Å². The number of halogens is 2. The molecule has 0 bridgehead atoms. The van der Waals surface area contributed by atoms with Crippen LogP contribution in [0.2, 0.25) is 10.0 Å². The zero-order valence-electron chi connectivity index (χ0n) is 19.6. The monoisotopic (exact) mass is 539 g/mol. The largest absolute Gasteiger partial charge is 0.481 e. The first-order chi connectivity index (χ1) is 16.8. The number of nitrogens with zero attached hydrogens (tertiary/aromatic N) is 1. The van der Waals surface area contributed by atoms with Gasteiger partial charge in [0.05, 0.1) is 19.1 Å². The smallest absolute Gasteiger partial charge is 0.306 e. The summed E-state index contributed by atoms with van der Waals surface area (Å²) in [4.78, 5) is 26.0. The molecule has 0 radical (unpaired) electrons. The third-order valence-corrected chi connectivity index (χ3v) is 8.13. The molecule has 1 aliphatic carbocycles. The van der Waals surface area contributed by atoms with Gasteiger partial charge in [-0.1, -0.05) is 60.5 Å². The fourth-order valence-corrected chi connectivity index (χ4v) is 6.09. The Hall–Kier alpha value is -1.93. The van der Waals surface area contributed by atoms with Crippen molar-refractivity contribution in [3.05, 3.63) is 70.2 Å². The van der Waals surface area contributed by atoms with Crippen molar-refractivity contribution in [3.63, 3.8) is 0 Å². The lowest BCUT2D eigenvalue weighted by Gasteiger charge is -2.43. The SMILES string of the molecule is CC[C@@H](CS(=O)CC1CC1)N1C(=O)[C@@H](CC(=O)O)OC[C@H]1c1ccc(Cl)cc1.Clc1ccccc1. The molecule has 1 amide bonds. The number of benzene rings is 2. The Bertz CT molecular complexity index is 1000. The van der Waals surface area contributed by atoms with Crippen LogP contribution in [0.5, 0.6) is 0 Å². The van der Waals surface area contributed by atoms with E-state index in [1.54, 1.807) is 17.0 Å². The third-order valence-electron chi connectivity index (χ3n) is 6.03. The highest BCUT2D eigenvalue weighted by atomic mass is 35.5. The van der Waals surface area contributed by atoms with Gasteiger partial charge in [-0.2, -0.15) is 0 Å². The minimum atomic E-state index is -1.08. The summed E-state index contributed by atoms with van der Waals surface area (Å²) < 4.78 is 18.2. The number of hydrogen-bond acceptors (Lipinski definition) is 4. The Morgan fingerprint density at radius 2 is 1.74 bits per heavy atom. The highest BCUT2D eigenvalue weighted by molar-refractivity contribution is 7.85. The number of amides is 1. The fraction of sp³-hybridized carbons (Fsp3) is 0.462. The molecule has 1 aliphatic heterocycles. The van der Waals surface area contributed by atoms with Crippen molar-refractivity contribution >= 4 is 45.9 Å². The van der Waals surface area contributed by atoms with Gasteiger partial charge in [0.15, 0.2) is 0 Å². The van der Waals surface area contributed by atoms with E-state index in [1.807, 2.05) is 49.4 Å². The Labute approximate surface area is 219 Å². The van der Waals surface area contributed by atoms with E-state index < -0.39 is 22.9 Å². The van der Waals surface area contributed by atoms with Crippen LogP contribution in [0.1, 0.15) is 44.2 Å². The molecule has 0 spiro atoms. The minimum absolute atomic E-state index is 0.205. The molecule has 190 valence electrons. The molecule has 2 aliphatic rings. The van der Waals surface area contributed by atoms with E-state index in [0.717, 1.165) is 23.4 Å². The lowest BCUT2D eigenvalue weighted by atomic mass is 9.99. The number of carboxylic acid groups (broad SMARTS) is 1. The summed E-state index contributed by atoms with van der Waals surface area (Å²) >= 11 is 11.5. The van der Waals surface area contributed by atoms with Gasteiger partial charge in [0.25, 0.3) is 5.91 Å². The normalized spacial score (nSPS) is 21.6. The van der Waals surface area contributed by atoms with Crippen molar-refractivity contribution in [1.29, 1.82) is 0 Å². The summed E-state index contributed by atoms with van der Waals surface area (Å²) in [5, 5.41) is 10.5. The van der Waals surface area contributed by atoms with Gasteiger partial charge in [0, 0.05) is 38.4 Å². The molecule has 9 heteroatoms. The van der Waals surface area contributed by atoms with E-state index in [2.05, 4.69) is 0 Å². The quantitative estimate of drug-likeness (QED) is 0.463. The third kappa shape index (κ3) is 8.60. The van der Waals surface area contributed by atoms with Gasteiger partial charge in [0.2, 0.25) is 0 Å². The predicted molar refractivity (Wildman–Crippen MR) is 139 cm³/mol. The zero-order chi connectivity index (χ0) is 25.4. The van der Waals surface area contributed by atoms with Crippen molar-refractivity contribution < 1.29 is 23.6 Å². The first-order valence-corrected chi connectivity index (χ1v) is 14.0. The number of ether oxygens (including phenoxy) is 1. The molecule has 1 saturated carbocycles. The van der Waals surface area contributed by atoms with Crippen LogP contribution >= 0.6 is 23.2 Å². The minimum Gasteiger partial charge on any atom is -0.481 e. The Morgan fingerprint density at radius 3 is 2.26 bits per heavy atom. The molecule has 6 nitrogen and oxygen atoms in total. The van der Waals surface area contributed by atoms with Gasteiger partial charge in [-0.15, -0.1) is 0 Å². The van der Waals surface area contributed by atoms with E-state index in [4.69, 9.17) is 33.0 Å². The van der Waals surface area contributed by atoms with Crippen molar-refractivity contribution in [2.24, 2.45) is 5.92 Å². The molecular weight excluding hydrogens is 509 g/mol. The Balaban J connectivity index is 0.000000420. The van der Waals surface area contributed by atoms with Gasteiger partial charge in [-0.25, -0.2) is 0 Å². The Morgan fingerprint density at radius 1 is 1.11 bits per heavy atom. The number of carbonyl (C=O) groups excluding carboxylic acids is 1. The van der Waals surface area contributed by atoms with Crippen LogP contribution < -0.4 is 0 Å². The van der Waals surface area contributed by atoms with Crippen LogP contribution in [0.4, 0.5) is 0 Å². The second-order valence-corrected chi connectivity index (χ2v) is 11.2. The number of rotatable bonds is 9. The zero-order valence-corrected chi connectivity index (χ0v) is 22.0. The maximum atomic E-state index is 13.1. The summed E-state index contributed by atoms with van der Waals surface area (Å²) in [7, 11) is -1.00. The summed E-state index contributed by atoms with van der Waals surface area (Å²) in [5.41, 5.74) is 0.873. The molecule has 4 rings (SSSR count). The summed E-state index contributed by atoms with van der Waals surface area (Å²) in [5.74, 6) is 0.213. The van der Waals surface area contributed by atoms with Crippen LogP contribution in [-0.2, 0) is 25.1 Å². The van der Waals surface area contributed by atoms with Crippen molar-refractivity contribution in [2.75, 3.05) is 18.1 Å². The van der Waals surface area contributed by atoms with E-state index in [1.165, 1.54) is 0 Å². The van der Waals surface area contributed by atoms with Gasteiger partial charge < -0.3 is 14.7 Å². The second-order valence-electron chi connectivity index (χ2n) is 8.81. The van der Waals surface area contributed by atoms with Crippen LogP contribution in [0.25, 0.3) is 0 Å². The van der Waals surface area contributed by atoms with Gasteiger partial charge in [-0.05, 0) is 55.0 Å². The maximum Gasteiger partial charge on any atom is 0.306 e. The molecule has 4 atom stereocenters. The number of hydrogen-bond donors (Lipinski definition) is 1. The summed E-state index contributed by atoms with van der Waals surface area (Å²) in [6, 6.07) is 16.1. The first kappa shape index (κ1) is 27.7. The molecule has 0 aromatic heterocycles. The molecule has 1 heterocycles. The van der Waals surface area contributed by atoms with Crippen LogP contribution in [0.15, 0.2) is 54.6 Å². The lowest BCUT2D eigenvalue weighted by Crippen LogP contribution is -2.55. The highest BCUT2D eigenvalue weighted by Crippen LogP contribution is 2.33. The maximum absolute atomic E-state index is 13.1. The predicted octanol–water partition coefficient (Wildman–Crippen LogP) is 5.36. The van der Waals surface area contributed by atoms with E-state index >= 15 is 0 Å². The molecule has 35 heavy (non-hydrogen) atoms. The average molecular weight is 541 g/mol. The molecule has 1 saturated heterocycles. The molecular formula is C26H31Cl2NO5S. The van der Waals surface area contributed by atoms with E-state index in [0.29, 0.717) is 28.9 Å². The molecule has 2 aromatic rings. The molecule has 2 fully saturated rings.